The largest absolute Gasteiger partial charge is 0.457 e. The first-order valence-electron chi connectivity index (χ1n) is 11.6. The van der Waals surface area contributed by atoms with E-state index in [-0.39, 0.29) is 34.0 Å². The van der Waals surface area contributed by atoms with E-state index in [2.05, 4.69) is 15.4 Å². The van der Waals surface area contributed by atoms with Gasteiger partial charge in [-0.1, -0.05) is 18.2 Å². The summed E-state index contributed by atoms with van der Waals surface area (Å²) in [6.45, 7) is 1.78. The molecule has 9 nitrogen and oxygen atoms in total. The van der Waals surface area contributed by atoms with Crippen LogP contribution < -0.4 is 10.1 Å². The Hall–Kier alpha value is -5.33. The molecule has 0 saturated heterocycles. The second-order valence-electron chi connectivity index (χ2n) is 8.63. The molecule has 5 aromatic rings. The molecule has 202 valence electrons. The molecule has 0 fully saturated rings. The number of amides is 1. The highest BCUT2D eigenvalue weighted by molar-refractivity contribution is 6.03. The number of carbonyl (C=O) groups excluding carboxylic acids is 1. The number of benzene rings is 3. The minimum absolute atomic E-state index is 0.0455. The zero-order valence-corrected chi connectivity index (χ0v) is 20.4. The molecule has 0 spiro atoms. The van der Waals surface area contributed by atoms with Gasteiger partial charge in [-0.15, -0.1) is 0 Å². The Morgan fingerprint density at radius 2 is 1.75 bits per heavy atom. The zero-order valence-electron chi connectivity index (χ0n) is 20.4. The molecule has 0 saturated carbocycles. The summed E-state index contributed by atoms with van der Waals surface area (Å²) in [6.07, 6.45) is -4.86. The minimum atomic E-state index is -4.86. The number of carbonyl (C=O) groups is 1. The Morgan fingerprint density at radius 3 is 2.42 bits per heavy atom. The molecule has 0 aliphatic rings. The SMILES string of the molecule is Cc1ccccc1Oc1cc(NC(=O)c2cc3nc(-c4ccc(F)cc4)cc(C(F)(F)F)n3n2)cc([N+](=O)[O-])c1. The number of aryl methyl sites for hydroxylation is 1. The molecular weight excluding hydrogens is 534 g/mol. The van der Waals surface area contributed by atoms with Crippen molar-refractivity contribution in [1.29, 1.82) is 0 Å². The van der Waals surface area contributed by atoms with Crippen molar-refractivity contribution in [2.45, 2.75) is 13.1 Å². The van der Waals surface area contributed by atoms with E-state index in [1.54, 1.807) is 31.2 Å². The average molecular weight is 551 g/mol. The summed E-state index contributed by atoms with van der Waals surface area (Å²) in [4.78, 5) is 28.0. The maximum absolute atomic E-state index is 13.9. The van der Waals surface area contributed by atoms with Crippen LogP contribution in [-0.4, -0.2) is 25.4 Å². The van der Waals surface area contributed by atoms with Crippen LogP contribution in [0.2, 0.25) is 0 Å². The first-order chi connectivity index (χ1) is 19.0. The normalized spacial score (nSPS) is 11.4. The van der Waals surface area contributed by atoms with E-state index in [0.29, 0.717) is 10.3 Å². The lowest BCUT2D eigenvalue weighted by Gasteiger charge is -2.11. The number of para-hydroxylation sites is 1. The number of halogens is 4. The number of nitro benzene ring substituents is 1. The summed E-state index contributed by atoms with van der Waals surface area (Å²) in [5, 5.41) is 17.7. The second kappa shape index (κ2) is 10.1. The Kier molecular flexibility index (Phi) is 6.63. The smallest absolute Gasteiger partial charge is 0.433 e. The maximum atomic E-state index is 13.9. The monoisotopic (exact) mass is 551 g/mol. The van der Waals surface area contributed by atoms with Gasteiger partial charge in [0.1, 0.15) is 17.3 Å². The van der Waals surface area contributed by atoms with E-state index >= 15 is 0 Å². The molecular formula is C27H17F4N5O4. The van der Waals surface area contributed by atoms with E-state index < -0.39 is 34.2 Å². The number of nitrogens with one attached hydrogen (secondary N) is 1. The van der Waals surface area contributed by atoms with Crippen molar-refractivity contribution in [2.75, 3.05) is 5.32 Å². The van der Waals surface area contributed by atoms with Crippen LogP contribution >= 0.6 is 0 Å². The number of fused-ring (bicyclic) bond motifs is 1. The number of nitrogens with zero attached hydrogens (tertiary/aromatic N) is 4. The molecule has 2 aromatic heterocycles. The van der Waals surface area contributed by atoms with Crippen molar-refractivity contribution < 1.29 is 32.0 Å². The number of anilines is 1. The molecule has 0 bridgehead atoms. The van der Waals surface area contributed by atoms with Gasteiger partial charge < -0.3 is 10.1 Å². The lowest BCUT2D eigenvalue weighted by Crippen LogP contribution is -2.16. The highest BCUT2D eigenvalue weighted by Crippen LogP contribution is 2.33. The van der Waals surface area contributed by atoms with Crippen molar-refractivity contribution >= 4 is 22.9 Å². The quantitative estimate of drug-likeness (QED) is 0.141. The third kappa shape index (κ3) is 5.43. The van der Waals surface area contributed by atoms with Crippen molar-refractivity contribution in [3.63, 3.8) is 0 Å². The fourth-order valence-electron chi connectivity index (χ4n) is 3.87. The van der Waals surface area contributed by atoms with Crippen LogP contribution in [0.3, 0.4) is 0 Å². The summed E-state index contributed by atoms with van der Waals surface area (Å²) in [6, 6.07) is 17.0. The van der Waals surface area contributed by atoms with Crippen molar-refractivity contribution in [3.8, 4) is 22.8 Å². The zero-order chi connectivity index (χ0) is 28.6. The Labute approximate surface area is 222 Å². The van der Waals surface area contributed by atoms with Gasteiger partial charge in [-0.3, -0.25) is 14.9 Å². The van der Waals surface area contributed by atoms with Crippen LogP contribution in [0, 0.1) is 22.9 Å². The standard InChI is InChI=1S/C27H17F4N5O4/c1-15-4-2-3-5-23(15)40-20-11-18(10-19(12-20)36(38)39)32-26(37)22-14-25-33-21(16-6-8-17(28)9-7-16)13-24(27(29,30)31)35(25)34-22/h2-14H,1H3,(H,32,37). The summed E-state index contributed by atoms with van der Waals surface area (Å²) < 4.78 is 61.2. The molecule has 0 aliphatic heterocycles. The van der Waals surface area contributed by atoms with Gasteiger partial charge in [0.25, 0.3) is 11.6 Å². The number of nitro groups is 1. The molecule has 0 aliphatic carbocycles. The fourth-order valence-corrected chi connectivity index (χ4v) is 3.87. The van der Waals surface area contributed by atoms with Gasteiger partial charge in [-0.05, 0) is 48.9 Å². The van der Waals surface area contributed by atoms with Crippen molar-refractivity contribution in [2.24, 2.45) is 0 Å². The van der Waals surface area contributed by atoms with Gasteiger partial charge in [-0.25, -0.2) is 13.9 Å². The van der Waals surface area contributed by atoms with Crippen LogP contribution in [0.4, 0.5) is 28.9 Å². The molecule has 13 heteroatoms. The second-order valence-corrected chi connectivity index (χ2v) is 8.63. The lowest BCUT2D eigenvalue weighted by molar-refractivity contribution is -0.384. The number of ether oxygens (including phenoxy) is 1. The average Bonchev–Trinajstić information content (AvgIpc) is 3.33. The number of non-ortho nitro benzene ring substituents is 1. The van der Waals surface area contributed by atoms with E-state index in [0.717, 1.165) is 35.9 Å². The van der Waals surface area contributed by atoms with Gasteiger partial charge in [0, 0.05) is 23.8 Å². The third-order valence-electron chi connectivity index (χ3n) is 5.77. The Morgan fingerprint density at radius 1 is 1.02 bits per heavy atom. The number of alkyl halides is 3. The first kappa shape index (κ1) is 26.3. The summed E-state index contributed by atoms with van der Waals surface area (Å²) in [5.41, 5.74) is -1.48. The van der Waals surface area contributed by atoms with Crippen molar-refractivity contribution in [1.82, 2.24) is 14.6 Å². The molecule has 5 rings (SSSR count). The summed E-state index contributed by atoms with van der Waals surface area (Å²) in [5.74, 6) is -1.02. The fraction of sp³-hybridized carbons (Fsp3) is 0.0741. The van der Waals surface area contributed by atoms with Crippen LogP contribution in [-0.2, 0) is 6.18 Å². The topological polar surface area (TPSA) is 112 Å². The molecule has 1 N–H and O–H groups in total. The van der Waals surface area contributed by atoms with Gasteiger partial charge in [-0.2, -0.15) is 18.3 Å². The van der Waals surface area contributed by atoms with Gasteiger partial charge in [0.05, 0.1) is 22.4 Å². The number of hydrogen-bond donors (Lipinski definition) is 1. The highest BCUT2D eigenvalue weighted by Gasteiger charge is 2.35. The molecule has 0 radical (unpaired) electrons. The number of aromatic nitrogens is 3. The van der Waals surface area contributed by atoms with Gasteiger partial charge >= 0.3 is 6.18 Å². The maximum Gasteiger partial charge on any atom is 0.433 e. The van der Waals surface area contributed by atoms with Crippen LogP contribution in [0.5, 0.6) is 11.5 Å². The predicted molar refractivity (Wildman–Crippen MR) is 136 cm³/mol. The van der Waals surface area contributed by atoms with E-state index in [1.165, 1.54) is 24.3 Å². The molecule has 0 atom stereocenters. The molecule has 3 aromatic carbocycles. The van der Waals surface area contributed by atoms with Crippen molar-refractivity contribution in [3.05, 3.63) is 112 Å². The predicted octanol–water partition coefficient (Wildman–Crippen LogP) is 6.82. The van der Waals surface area contributed by atoms with Crippen LogP contribution in [0.25, 0.3) is 16.9 Å². The minimum Gasteiger partial charge on any atom is -0.457 e. The van der Waals surface area contributed by atoms with Crippen LogP contribution in [0.15, 0.2) is 78.9 Å². The first-order valence-corrected chi connectivity index (χ1v) is 11.6. The summed E-state index contributed by atoms with van der Waals surface area (Å²) >= 11 is 0. The number of hydrogen-bond acceptors (Lipinski definition) is 6. The Bertz CT molecular complexity index is 1770. The van der Waals surface area contributed by atoms with Crippen LogP contribution in [0.1, 0.15) is 21.7 Å². The molecule has 2 heterocycles. The third-order valence-corrected chi connectivity index (χ3v) is 5.77. The van der Waals surface area contributed by atoms with E-state index in [4.69, 9.17) is 4.74 Å². The van der Waals surface area contributed by atoms with Gasteiger partial charge in [0.15, 0.2) is 17.0 Å². The molecule has 40 heavy (non-hydrogen) atoms. The Balaban J connectivity index is 1.50. The highest BCUT2D eigenvalue weighted by atomic mass is 19.4. The lowest BCUT2D eigenvalue weighted by atomic mass is 10.1. The summed E-state index contributed by atoms with van der Waals surface area (Å²) in [7, 11) is 0. The van der Waals surface area contributed by atoms with E-state index in [9.17, 15) is 32.5 Å². The van der Waals surface area contributed by atoms with Gasteiger partial charge in [0.2, 0.25) is 0 Å². The molecule has 1 amide bonds. The van der Waals surface area contributed by atoms with E-state index in [1.807, 2.05) is 0 Å². The number of rotatable bonds is 6. The molecule has 0 unspecified atom stereocenters.